The first-order valence-electron chi connectivity index (χ1n) is 8.62. The summed E-state index contributed by atoms with van der Waals surface area (Å²) in [5.74, 6) is -0.917. The number of aliphatic hydroxyl groups is 1. The Hall–Kier alpha value is -1.46. The van der Waals surface area contributed by atoms with E-state index in [1.54, 1.807) is 17.0 Å². The van der Waals surface area contributed by atoms with Gasteiger partial charge in [-0.25, -0.2) is 4.39 Å². The second-order valence-electron chi connectivity index (χ2n) is 6.58. The Balaban J connectivity index is 1.62. The lowest BCUT2D eigenvalue weighted by Crippen LogP contribution is -2.40. The van der Waals surface area contributed by atoms with Crippen LogP contribution in [0.25, 0.3) is 0 Å². The number of hydrogen-bond acceptors (Lipinski definition) is 3. The Kier molecular flexibility index (Phi) is 5.28. The van der Waals surface area contributed by atoms with Crippen LogP contribution in [0.2, 0.25) is 0 Å². The van der Waals surface area contributed by atoms with Gasteiger partial charge in [-0.2, -0.15) is 0 Å². The number of carbonyl (C=O) groups is 1. The van der Waals surface area contributed by atoms with Crippen LogP contribution in [0.15, 0.2) is 24.3 Å². The molecule has 2 aliphatic rings. The summed E-state index contributed by atoms with van der Waals surface area (Å²) >= 11 is 0. The van der Waals surface area contributed by atoms with Crippen molar-refractivity contribution in [1.29, 1.82) is 0 Å². The maximum absolute atomic E-state index is 13.8. The molecular formula is C18H25FN2O2. The predicted octanol–water partition coefficient (Wildman–Crippen LogP) is 2.34. The lowest BCUT2D eigenvalue weighted by molar-refractivity contribution is -0.140. The van der Waals surface area contributed by atoms with Crippen molar-refractivity contribution in [3.8, 4) is 0 Å². The third-order valence-corrected chi connectivity index (χ3v) is 5.12. The van der Waals surface area contributed by atoms with Gasteiger partial charge < -0.3 is 10.0 Å². The largest absolute Gasteiger partial charge is 0.378 e. The summed E-state index contributed by atoms with van der Waals surface area (Å²) in [7, 11) is 0. The van der Waals surface area contributed by atoms with E-state index in [-0.39, 0.29) is 11.5 Å². The molecule has 0 unspecified atom stereocenters. The molecule has 1 aromatic carbocycles. The van der Waals surface area contributed by atoms with Crippen molar-refractivity contribution in [2.45, 2.75) is 44.2 Å². The van der Waals surface area contributed by atoms with Gasteiger partial charge in [0.25, 0.3) is 5.91 Å². The molecule has 1 aliphatic carbocycles. The maximum Gasteiger partial charge on any atom is 0.256 e. The highest BCUT2D eigenvalue weighted by Crippen LogP contribution is 2.25. The van der Waals surface area contributed by atoms with Gasteiger partial charge in [0, 0.05) is 37.8 Å². The Labute approximate surface area is 136 Å². The molecule has 1 atom stereocenters. The Morgan fingerprint density at radius 3 is 2.57 bits per heavy atom. The van der Waals surface area contributed by atoms with E-state index in [0.29, 0.717) is 19.1 Å². The molecule has 1 amide bonds. The minimum atomic E-state index is -1.41. The highest BCUT2D eigenvalue weighted by Gasteiger charge is 2.29. The lowest BCUT2D eigenvalue weighted by atomic mass is 10.1. The van der Waals surface area contributed by atoms with Crippen molar-refractivity contribution in [2.24, 2.45) is 0 Å². The molecule has 4 nitrogen and oxygen atoms in total. The molecule has 0 spiro atoms. The third kappa shape index (κ3) is 3.72. The number of halogens is 1. The van der Waals surface area contributed by atoms with E-state index >= 15 is 0 Å². The number of nitrogens with zero attached hydrogens (tertiary/aromatic N) is 2. The average Bonchev–Trinajstić information content (AvgIpc) is 2.99. The van der Waals surface area contributed by atoms with Crippen LogP contribution in [0.5, 0.6) is 0 Å². The molecule has 126 valence electrons. The topological polar surface area (TPSA) is 43.8 Å². The van der Waals surface area contributed by atoms with E-state index in [0.717, 1.165) is 19.5 Å². The molecule has 1 saturated carbocycles. The van der Waals surface area contributed by atoms with E-state index in [1.807, 2.05) is 0 Å². The number of rotatable bonds is 3. The van der Waals surface area contributed by atoms with Crippen molar-refractivity contribution < 1.29 is 14.3 Å². The van der Waals surface area contributed by atoms with Gasteiger partial charge in [0.2, 0.25) is 0 Å². The van der Waals surface area contributed by atoms with Crippen LogP contribution >= 0.6 is 0 Å². The second kappa shape index (κ2) is 7.41. The van der Waals surface area contributed by atoms with Crippen LogP contribution < -0.4 is 0 Å². The molecule has 2 fully saturated rings. The SMILES string of the molecule is O=C([C@H](O)c1ccccc1F)N1CCCN(C2CCCC2)CC1. The lowest BCUT2D eigenvalue weighted by Gasteiger charge is -2.27. The van der Waals surface area contributed by atoms with Crippen molar-refractivity contribution in [3.63, 3.8) is 0 Å². The minimum absolute atomic E-state index is 0.0643. The molecule has 1 N–H and O–H groups in total. The first kappa shape index (κ1) is 16.4. The van der Waals surface area contributed by atoms with Gasteiger partial charge in [-0.15, -0.1) is 0 Å². The average molecular weight is 320 g/mol. The van der Waals surface area contributed by atoms with Gasteiger partial charge in [-0.1, -0.05) is 31.0 Å². The second-order valence-corrected chi connectivity index (χ2v) is 6.58. The molecule has 0 aromatic heterocycles. The Morgan fingerprint density at radius 1 is 1.09 bits per heavy atom. The summed E-state index contributed by atoms with van der Waals surface area (Å²) in [6.07, 6.45) is 4.62. The zero-order valence-electron chi connectivity index (χ0n) is 13.5. The zero-order chi connectivity index (χ0) is 16.2. The van der Waals surface area contributed by atoms with Crippen LogP contribution in [0.3, 0.4) is 0 Å². The van der Waals surface area contributed by atoms with Gasteiger partial charge in [0.15, 0.2) is 6.10 Å². The van der Waals surface area contributed by atoms with Crippen molar-refractivity contribution in [2.75, 3.05) is 26.2 Å². The summed E-state index contributed by atoms with van der Waals surface area (Å²) in [6, 6.07) is 6.60. The molecule has 1 aliphatic heterocycles. The molecule has 3 rings (SSSR count). The van der Waals surface area contributed by atoms with E-state index in [1.165, 1.54) is 37.8 Å². The van der Waals surface area contributed by atoms with E-state index in [9.17, 15) is 14.3 Å². The van der Waals surface area contributed by atoms with Gasteiger partial charge in [-0.05, 0) is 25.3 Å². The van der Waals surface area contributed by atoms with Gasteiger partial charge in [-0.3, -0.25) is 9.69 Å². The monoisotopic (exact) mass is 320 g/mol. The molecule has 1 heterocycles. The predicted molar refractivity (Wildman–Crippen MR) is 86.4 cm³/mol. The maximum atomic E-state index is 13.8. The van der Waals surface area contributed by atoms with Gasteiger partial charge >= 0.3 is 0 Å². The molecule has 1 saturated heterocycles. The first-order valence-corrected chi connectivity index (χ1v) is 8.62. The van der Waals surface area contributed by atoms with Crippen LogP contribution in [-0.2, 0) is 4.79 Å². The van der Waals surface area contributed by atoms with Crippen LogP contribution in [-0.4, -0.2) is 53.0 Å². The summed E-state index contributed by atoms with van der Waals surface area (Å²) in [5.41, 5.74) is 0.0643. The first-order chi connectivity index (χ1) is 11.2. The van der Waals surface area contributed by atoms with Crippen LogP contribution in [0, 0.1) is 5.82 Å². The summed E-state index contributed by atoms with van der Waals surface area (Å²) in [5, 5.41) is 10.2. The van der Waals surface area contributed by atoms with E-state index in [4.69, 9.17) is 0 Å². The van der Waals surface area contributed by atoms with Crippen LogP contribution in [0.4, 0.5) is 4.39 Å². The van der Waals surface area contributed by atoms with Crippen molar-refractivity contribution in [1.82, 2.24) is 9.80 Å². The molecule has 0 radical (unpaired) electrons. The number of aliphatic hydroxyl groups excluding tert-OH is 1. The standard InChI is InChI=1S/C18H25FN2O2/c19-16-9-4-3-8-15(16)17(22)18(23)21-11-5-10-20(12-13-21)14-6-1-2-7-14/h3-4,8-9,14,17,22H,1-2,5-7,10-13H2/t17-/m1/s1. The van der Waals surface area contributed by atoms with E-state index in [2.05, 4.69) is 4.90 Å². The summed E-state index contributed by atoms with van der Waals surface area (Å²) in [4.78, 5) is 16.7. The number of hydrogen-bond donors (Lipinski definition) is 1. The summed E-state index contributed by atoms with van der Waals surface area (Å²) < 4.78 is 13.8. The molecular weight excluding hydrogens is 295 g/mol. The van der Waals surface area contributed by atoms with Crippen molar-refractivity contribution in [3.05, 3.63) is 35.6 Å². The molecule has 0 bridgehead atoms. The Bertz CT molecular complexity index is 546. The number of carbonyl (C=O) groups excluding carboxylic acids is 1. The summed E-state index contributed by atoms with van der Waals surface area (Å²) in [6.45, 7) is 3.10. The number of benzene rings is 1. The fraction of sp³-hybridized carbons (Fsp3) is 0.611. The zero-order valence-corrected chi connectivity index (χ0v) is 13.5. The third-order valence-electron chi connectivity index (χ3n) is 5.12. The van der Waals surface area contributed by atoms with Gasteiger partial charge in [0.1, 0.15) is 5.82 Å². The van der Waals surface area contributed by atoms with E-state index < -0.39 is 11.9 Å². The smallest absolute Gasteiger partial charge is 0.256 e. The highest BCUT2D eigenvalue weighted by molar-refractivity contribution is 5.82. The number of amides is 1. The highest BCUT2D eigenvalue weighted by atomic mass is 19.1. The minimum Gasteiger partial charge on any atom is -0.378 e. The molecule has 23 heavy (non-hydrogen) atoms. The van der Waals surface area contributed by atoms with Crippen molar-refractivity contribution >= 4 is 5.91 Å². The Morgan fingerprint density at radius 2 is 1.83 bits per heavy atom. The normalized spacial score (nSPS) is 22.1. The fourth-order valence-electron chi connectivity index (χ4n) is 3.80. The molecule has 5 heteroatoms. The fourth-order valence-corrected chi connectivity index (χ4v) is 3.80. The van der Waals surface area contributed by atoms with Crippen LogP contribution in [0.1, 0.15) is 43.8 Å². The van der Waals surface area contributed by atoms with Gasteiger partial charge in [0.05, 0.1) is 0 Å². The molecule has 1 aromatic rings. The quantitative estimate of drug-likeness (QED) is 0.930.